The molecule has 0 bridgehead atoms. The fourth-order valence-electron chi connectivity index (χ4n) is 3.50. The van der Waals surface area contributed by atoms with E-state index >= 15 is 0 Å². The molecule has 0 spiro atoms. The van der Waals surface area contributed by atoms with Gasteiger partial charge in [0.15, 0.2) is 0 Å². The average Bonchev–Trinajstić information content (AvgIpc) is 2.78. The molecule has 1 aliphatic heterocycles. The second kappa shape index (κ2) is 9.96. The normalized spacial score (nSPS) is 13.9. The molecule has 1 saturated heterocycles. The summed E-state index contributed by atoms with van der Waals surface area (Å²) in [6, 6.07) is 16.0. The van der Waals surface area contributed by atoms with Crippen LogP contribution in [0.5, 0.6) is 0 Å². The quantitative estimate of drug-likeness (QED) is 0.809. The smallest absolute Gasteiger partial charge is 0.409 e. The molecule has 1 N–H and O–H groups in total. The van der Waals surface area contributed by atoms with Crippen molar-refractivity contribution in [1.82, 2.24) is 9.80 Å². The Balaban J connectivity index is 1.59. The Bertz CT molecular complexity index is 845. The summed E-state index contributed by atoms with van der Waals surface area (Å²) in [4.78, 5) is 28.2. The minimum Gasteiger partial charge on any atom is -0.450 e. The first-order valence-corrected chi connectivity index (χ1v) is 10.2. The molecular weight excluding hydrogens is 366 g/mol. The Labute approximate surface area is 172 Å². The van der Waals surface area contributed by atoms with Crippen molar-refractivity contribution in [2.75, 3.05) is 38.1 Å². The van der Waals surface area contributed by atoms with E-state index in [-0.39, 0.29) is 12.0 Å². The minimum atomic E-state index is -0.306. The number of rotatable bonds is 6. The molecule has 0 aromatic heterocycles. The molecule has 1 heterocycles. The highest BCUT2D eigenvalue weighted by Gasteiger charge is 2.25. The molecule has 1 aliphatic rings. The second-order valence-electron chi connectivity index (χ2n) is 7.04. The van der Waals surface area contributed by atoms with Crippen LogP contribution in [0.15, 0.2) is 48.5 Å². The number of amides is 2. The number of anilines is 1. The maximum absolute atomic E-state index is 12.9. The lowest BCUT2D eigenvalue weighted by Crippen LogP contribution is -2.50. The molecule has 29 heavy (non-hydrogen) atoms. The van der Waals surface area contributed by atoms with Crippen LogP contribution in [0, 0.1) is 0 Å². The third-order valence-corrected chi connectivity index (χ3v) is 5.15. The number of nitrogens with zero attached hydrogens (tertiary/aromatic N) is 2. The zero-order valence-corrected chi connectivity index (χ0v) is 17.2. The summed E-state index contributed by atoms with van der Waals surface area (Å²) in [6.07, 6.45) is 0.666. The van der Waals surface area contributed by atoms with Gasteiger partial charge in [0, 0.05) is 44.0 Å². The molecule has 6 heteroatoms. The first kappa shape index (κ1) is 20.7. The predicted molar refractivity (Wildman–Crippen MR) is 114 cm³/mol. The molecule has 0 unspecified atom stereocenters. The van der Waals surface area contributed by atoms with Gasteiger partial charge in [-0.2, -0.15) is 0 Å². The lowest BCUT2D eigenvalue weighted by molar-refractivity contribution is 0.0570. The van der Waals surface area contributed by atoms with Crippen LogP contribution in [-0.2, 0) is 17.7 Å². The van der Waals surface area contributed by atoms with Crippen LogP contribution in [0.25, 0.3) is 0 Å². The van der Waals surface area contributed by atoms with E-state index in [4.69, 9.17) is 4.74 Å². The van der Waals surface area contributed by atoms with Gasteiger partial charge < -0.3 is 19.9 Å². The molecule has 6 nitrogen and oxygen atoms in total. The maximum atomic E-state index is 12.9. The number of hydrogen-bond donors (Lipinski definition) is 1. The molecule has 0 atom stereocenters. The molecule has 0 saturated carbocycles. The highest BCUT2D eigenvalue weighted by molar-refractivity contribution is 5.94. The summed E-state index contributed by atoms with van der Waals surface area (Å²) >= 11 is 0. The van der Waals surface area contributed by atoms with Crippen molar-refractivity contribution in [2.24, 2.45) is 0 Å². The summed E-state index contributed by atoms with van der Waals surface area (Å²) in [6.45, 7) is 6.99. The first-order valence-electron chi connectivity index (χ1n) is 10.2. The largest absolute Gasteiger partial charge is 0.450 e. The number of piperazine rings is 1. The lowest BCUT2D eigenvalue weighted by atomic mass is 10.1. The van der Waals surface area contributed by atoms with Crippen molar-refractivity contribution >= 4 is 17.7 Å². The minimum absolute atomic E-state index is 0.00400. The van der Waals surface area contributed by atoms with E-state index in [1.807, 2.05) is 36.4 Å². The summed E-state index contributed by atoms with van der Waals surface area (Å²) < 4.78 is 5.03. The SMILES string of the molecule is CCOC(=O)N1CCN(C(=O)c2cccc(CNc3ccccc3CC)c2)CC1. The van der Waals surface area contributed by atoms with Crippen LogP contribution < -0.4 is 5.32 Å². The van der Waals surface area contributed by atoms with Crippen LogP contribution in [0.1, 0.15) is 35.3 Å². The van der Waals surface area contributed by atoms with Gasteiger partial charge >= 0.3 is 6.09 Å². The molecule has 0 radical (unpaired) electrons. The van der Waals surface area contributed by atoms with Gasteiger partial charge in [-0.25, -0.2) is 4.79 Å². The Morgan fingerprint density at radius 1 is 0.966 bits per heavy atom. The van der Waals surface area contributed by atoms with Crippen molar-refractivity contribution in [2.45, 2.75) is 26.8 Å². The number of carbonyl (C=O) groups excluding carboxylic acids is 2. The van der Waals surface area contributed by atoms with Gasteiger partial charge in [-0.1, -0.05) is 37.3 Å². The summed E-state index contributed by atoms with van der Waals surface area (Å²) in [5.74, 6) is 0.00400. The van der Waals surface area contributed by atoms with E-state index in [0.29, 0.717) is 44.9 Å². The maximum Gasteiger partial charge on any atom is 0.409 e. The van der Waals surface area contributed by atoms with Gasteiger partial charge in [-0.15, -0.1) is 0 Å². The fourth-order valence-corrected chi connectivity index (χ4v) is 3.50. The highest BCUT2D eigenvalue weighted by atomic mass is 16.6. The zero-order chi connectivity index (χ0) is 20.6. The van der Waals surface area contributed by atoms with Crippen molar-refractivity contribution in [3.63, 3.8) is 0 Å². The van der Waals surface area contributed by atoms with Crippen LogP contribution in [0.2, 0.25) is 0 Å². The lowest BCUT2D eigenvalue weighted by Gasteiger charge is -2.34. The van der Waals surface area contributed by atoms with Crippen LogP contribution in [0.4, 0.5) is 10.5 Å². The molecule has 154 valence electrons. The monoisotopic (exact) mass is 395 g/mol. The van der Waals surface area contributed by atoms with Crippen LogP contribution in [-0.4, -0.2) is 54.6 Å². The second-order valence-corrected chi connectivity index (χ2v) is 7.04. The Hall–Kier alpha value is -3.02. The van der Waals surface area contributed by atoms with E-state index in [1.54, 1.807) is 16.7 Å². The van der Waals surface area contributed by atoms with E-state index in [1.165, 1.54) is 5.56 Å². The van der Waals surface area contributed by atoms with Crippen molar-refractivity contribution < 1.29 is 14.3 Å². The third kappa shape index (κ3) is 5.28. The Morgan fingerprint density at radius 2 is 1.69 bits per heavy atom. The van der Waals surface area contributed by atoms with Gasteiger partial charge in [0.05, 0.1) is 6.61 Å². The fraction of sp³-hybridized carbons (Fsp3) is 0.391. The van der Waals surface area contributed by atoms with Gasteiger partial charge in [-0.05, 0) is 42.7 Å². The summed E-state index contributed by atoms with van der Waals surface area (Å²) in [7, 11) is 0. The number of nitrogens with one attached hydrogen (secondary N) is 1. The van der Waals surface area contributed by atoms with E-state index in [9.17, 15) is 9.59 Å². The summed E-state index contributed by atoms with van der Waals surface area (Å²) in [5.41, 5.74) is 4.14. The van der Waals surface area contributed by atoms with E-state index in [2.05, 4.69) is 24.4 Å². The number of aryl methyl sites for hydroxylation is 1. The molecule has 2 amide bonds. The van der Waals surface area contributed by atoms with Crippen molar-refractivity contribution in [1.29, 1.82) is 0 Å². The standard InChI is InChI=1S/C23H29N3O3/c1-3-19-9-5-6-11-21(19)24-17-18-8-7-10-20(16-18)22(27)25-12-14-26(15-13-25)23(28)29-4-2/h5-11,16,24H,3-4,12-15,17H2,1-2H3. The molecule has 3 rings (SSSR count). The topological polar surface area (TPSA) is 61.9 Å². The number of carbonyl (C=O) groups is 2. The number of ether oxygens (including phenoxy) is 1. The third-order valence-electron chi connectivity index (χ3n) is 5.15. The van der Waals surface area contributed by atoms with E-state index < -0.39 is 0 Å². The highest BCUT2D eigenvalue weighted by Crippen LogP contribution is 2.17. The predicted octanol–water partition coefficient (Wildman–Crippen LogP) is 3.78. The molecule has 2 aromatic carbocycles. The Kier molecular flexibility index (Phi) is 7.11. The van der Waals surface area contributed by atoms with Gasteiger partial charge in [0.2, 0.25) is 0 Å². The summed E-state index contributed by atoms with van der Waals surface area (Å²) in [5, 5.41) is 3.47. The molecule has 1 fully saturated rings. The number of benzene rings is 2. The molecule has 2 aromatic rings. The van der Waals surface area contributed by atoms with Crippen LogP contribution >= 0.6 is 0 Å². The first-order chi connectivity index (χ1) is 14.1. The van der Waals surface area contributed by atoms with Crippen molar-refractivity contribution in [3.8, 4) is 0 Å². The van der Waals surface area contributed by atoms with E-state index in [0.717, 1.165) is 17.7 Å². The van der Waals surface area contributed by atoms with Gasteiger partial charge in [0.1, 0.15) is 0 Å². The molecule has 0 aliphatic carbocycles. The van der Waals surface area contributed by atoms with Crippen molar-refractivity contribution in [3.05, 3.63) is 65.2 Å². The zero-order valence-electron chi connectivity index (χ0n) is 17.2. The number of hydrogen-bond acceptors (Lipinski definition) is 4. The average molecular weight is 396 g/mol. The molecular formula is C23H29N3O3. The van der Waals surface area contributed by atoms with Crippen LogP contribution in [0.3, 0.4) is 0 Å². The number of para-hydroxylation sites is 1. The van der Waals surface area contributed by atoms with Gasteiger partial charge in [-0.3, -0.25) is 4.79 Å². The van der Waals surface area contributed by atoms with Gasteiger partial charge in [0.25, 0.3) is 5.91 Å². The Morgan fingerprint density at radius 3 is 2.41 bits per heavy atom.